The van der Waals surface area contributed by atoms with Crippen LogP contribution in [0.5, 0.6) is 0 Å². The molecule has 19 heavy (non-hydrogen) atoms. The molecule has 104 valence electrons. The number of carbonyl (C=O) groups excluding carboxylic acids is 1. The summed E-state index contributed by atoms with van der Waals surface area (Å²) in [7, 11) is 0. The zero-order valence-corrected chi connectivity index (χ0v) is 12.0. The smallest absolute Gasteiger partial charge is 0.191 e. The lowest BCUT2D eigenvalue weighted by Crippen LogP contribution is -2.24. The molecule has 1 aromatic carbocycles. The number of rotatable bonds is 7. The second-order valence-corrected chi connectivity index (χ2v) is 5.35. The van der Waals surface area contributed by atoms with Crippen molar-refractivity contribution in [3.63, 3.8) is 0 Å². The van der Waals surface area contributed by atoms with Gasteiger partial charge in [0, 0.05) is 12.2 Å². The summed E-state index contributed by atoms with van der Waals surface area (Å²) in [6.07, 6.45) is 5.43. The molecule has 2 rings (SSSR count). The molecule has 1 atom stereocenters. The summed E-state index contributed by atoms with van der Waals surface area (Å²) in [6.45, 7) is 4.62. The first-order valence-corrected chi connectivity index (χ1v) is 7.52. The summed E-state index contributed by atoms with van der Waals surface area (Å²) in [4.78, 5) is 12.4. The number of hydrogen-bond donors (Lipinski definition) is 0. The van der Waals surface area contributed by atoms with Crippen LogP contribution in [0.2, 0.25) is 0 Å². The topological polar surface area (TPSA) is 26.3 Å². The maximum absolute atomic E-state index is 12.4. The van der Waals surface area contributed by atoms with E-state index in [2.05, 4.69) is 19.1 Å². The minimum Gasteiger partial charge on any atom is -0.370 e. The summed E-state index contributed by atoms with van der Waals surface area (Å²) in [6, 6.07) is 8.17. The maximum Gasteiger partial charge on any atom is 0.191 e. The van der Waals surface area contributed by atoms with Gasteiger partial charge in [-0.2, -0.15) is 0 Å². The molecule has 0 bridgehead atoms. The van der Waals surface area contributed by atoms with E-state index in [4.69, 9.17) is 4.74 Å². The lowest BCUT2D eigenvalue weighted by molar-refractivity contribution is 0.0423. The molecule has 0 saturated heterocycles. The van der Waals surface area contributed by atoms with Gasteiger partial charge in [-0.3, -0.25) is 4.79 Å². The van der Waals surface area contributed by atoms with E-state index < -0.39 is 0 Å². The number of ether oxygens (including phenoxy) is 1. The van der Waals surface area contributed by atoms with Crippen molar-refractivity contribution in [2.24, 2.45) is 0 Å². The van der Waals surface area contributed by atoms with Crippen molar-refractivity contribution < 1.29 is 9.53 Å². The predicted molar refractivity (Wildman–Crippen MR) is 77.7 cm³/mol. The summed E-state index contributed by atoms with van der Waals surface area (Å²) in [5, 5.41) is 0. The van der Waals surface area contributed by atoms with Crippen LogP contribution in [0, 0.1) is 0 Å². The van der Waals surface area contributed by atoms with Crippen LogP contribution >= 0.6 is 0 Å². The van der Waals surface area contributed by atoms with E-state index in [1.54, 1.807) is 0 Å². The molecule has 1 fully saturated rings. The second-order valence-electron chi connectivity index (χ2n) is 5.35. The maximum atomic E-state index is 12.4. The summed E-state index contributed by atoms with van der Waals surface area (Å²) >= 11 is 0. The largest absolute Gasteiger partial charge is 0.370 e. The van der Waals surface area contributed by atoms with Gasteiger partial charge in [-0.05, 0) is 37.7 Å². The van der Waals surface area contributed by atoms with Crippen molar-refractivity contribution in [3.05, 3.63) is 35.4 Å². The van der Waals surface area contributed by atoms with Gasteiger partial charge in [-0.15, -0.1) is 0 Å². The fourth-order valence-corrected chi connectivity index (χ4v) is 2.60. The van der Waals surface area contributed by atoms with Crippen LogP contribution < -0.4 is 0 Å². The Hall–Kier alpha value is -1.15. The van der Waals surface area contributed by atoms with Gasteiger partial charge in [0.25, 0.3) is 0 Å². The second kappa shape index (κ2) is 6.85. The van der Waals surface area contributed by atoms with Crippen molar-refractivity contribution in [2.75, 3.05) is 6.61 Å². The Morgan fingerprint density at radius 3 is 2.42 bits per heavy atom. The Bertz CT molecular complexity index is 398. The molecule has 0 amide bonds. The zero-order valence-electron chi connectivity index (χ0n) is 12.0. The fraction of sp³-hybridized carbons (Fsp3) is 0.588. The van der Waals surface area contributed by atoms with Crippen LogP contribution in [0.15, 0.2) is 24.3 Å². The predicted octanol–water partition coefficient (Wildman–Crippen LogP) is 4.34. The van der Waals surface area contributed by atoms with Gasteiger partial charge in [-0.1, -0.05) is 44.0 Å². The Morgan fingerprint density at radius 2 is 1.95 bits per heavy atom. The van der Waals surface area contributed by atoms with Gasteiger partial charge in [0.1, 0.15) is 6.10 Å². The van der Waals surface area contributed by atoms with E-state index in [1.807, 2.05) is 19.1 Å². The monoisotopic (exact) mass is 260 g/mol. The van der Waals surface area contributed by atoms with E-state index in [-0.39, 0.29) is 11.9 Å². The standard InChI is InChI=1S/C17H24O2/c1-3-6-16(19-4-2)17(18)15-11-9-14(10-12-15)13-7-5-8-13/h9-13,16H,3-8H2,1-2H3. The molecule has 1 saturated carbocycles. The highest BCUT2D eigenvalue weighted by Gasteiger charge is 2.22. The molecule has 0 aliphatic heterocycles. The van der Waals surface area contributed by atoms with Gasteiger partial charge in [-0.25, -0.2) is 0 Å². The molecule has 0 spiro atoms. The Balaban J connectivity index is 2.04. The lowest BCUT2D eigenvalue weighted by atomic mass is 9.80. The van der Waals surface area contributed by atoms with Gasteiger partial charge in [0.05, 0.1) is 0 Å². The quantitative estimate of drug-likeness (QED) is 0.682. The summed E-state index contributed by atoms with van der Waals surface area (Å²) in [5.74, 6) is 0.853. The SMILES string of the molecule is CCCC(OCC)C(=O)c1ccc(C2CCC2)cc1. The van der Waals surface area contributed by atoms with E-state index in [0.717, 1.165) is 24.3 Å². The molecule has 0 N–H and O–H groups in total. The van der Waals surface area contributed by atoms with Crippen molar-refractivity contribution in [2.45, 2.75) is 58.0 Å². The first kappa shape index (κ1) is 14.3. The molecule has 2 nitrogen and oxygen atoms in total. The van der Waals surface area contributed by atoms with Crippen LogP contribution in [0.4, 0.5) is 0 Å². The Labute approximate surface area is 116 Å². The fourth-order valence-electron chi connectivity index (χ4n) is 2.60. The van der Waals surface area contributed by atoms with Crippen LogP contribution in [-0.4, -0.2) is 18.5 Å². The zero-order chi connectivity index (χ0) is 13.7. The minimum absolute atomic E-state index is 0.129. The number of Topliss-reactive ketones (excluding diaryl/α,β-unsaturated/α-hetero) is 1. The van der Waals surface area contributed by atoms with Crippen LogP contribution in [-0.2, 0) is 4.74 Å². The Kier molecular flexibility index (Phi) is 5.15. The van der Waals surface area contributed by atoms with Gasteiger partial charge in [0.2, 0.25) is 0 Å². The third-order valence-corrected chi connectivity index (χ3v) is 3.98. The highest BCUT2D eigenvalue weighted by Crippen LogP contribution is 2.36. The van der Waals surface area contributed by atoms with Crippen molar-refractivity contribution in [1.82, 2.24) is 0 Å². The van der Waals surface area contributed by atoms with E-state index in [9.17, 15) is 4.79 Å². The highest BCUT2D eigenvalue weighted by atomic mass is 16.5. The van der Waals surface area contributed by atoms with Crippen molar-refractivity contribution in [1.29, 1.82) is 0 Å². The molecular formula is C17H24O2. The van der Waals surface area contributed by atoms with Crippen LogP contribution in [0.1, 0.15) is 67.8 Å². The average molecular weight is 260 g/mol. The molecular weight excluding hydrogens is 236 g/mol. The lowest BCUT2D eigenvalue weighted by Gasteiger charge is -2.26. The molecule has 1 aliphatic carbocycles. The first-order chi connectivity index (χ1) is 9.26. The number of benzene rings is 1. The summed E-state index contributed by atoms with van der Waals surface area (Å²) < 4.78 is 5.56. The minimum atomic E-state index is -0.274. The van der Waals surface area contributed by atoms with E-state index >= 15 is 0 Å². The van der Waals surface area contributed by atoms with Crippen LogP contribution in [0.3, 0.4) is 0 Å². The third kappa shape index (κ3) is 3.44. The average Bonchev–Trinajstić information content (AvgIpc) is 2.37. The molecule has 0 heterocycles. The highest BCUT2D eigenvalue weighted by molar-refractivity contribution is 5.99. The Morgan fingerprint density at radius 1 is 1.26 bits per heavy atom. The number of hydrogen-bond acceptors (Lipinski definition) is 2. The van der Waals surface area contributed by atoms with Crippen molar-refractivity contribution >= 4 is 5.78 Å². The summed E-state index contributed by atoms with van der Waals surface area (Å²) in [5.41, 5.74) is 2.17. The molecule has 1 aliphatic rings. The molecule has 1 aromatic rings. The molecule has 2 heteroatoms. The third-order valence-electron chi connectivity index (χ3n) is 3.98. The van der Waals surface area contributed by atoms with E-state index in [0.29, 0.717) is 6.61 Å². The van der Waals surface area contributed by atoms with Crippen molar-refractivity contribution in [3.8, 4) is 0 Å². The number of ketones is 1. The molecule has 1 unspecified atom stereocenters. The van der Waals surface area contributed by atoms with Crippen LogP contribution in [0.25, 0.3) is 0 Å². The van der Waals surface area contributed by atoms with Gasteiger partial charge < -0.3 is 4.74 Å². The van der Waals surface area contributed by atoms with Gasteiger partial charge >= 0.3 is 0 Å². The molecule has 0 aromatic heterocycles. The normalized spacial score (nSPS) is 16.9. The van der Waals surface area contributed by atoms with Gasteiger partial charge in [0.15, 0.2) is 5.78 Å². The van der Waals surface area contributed by atoms with E-state index in [1.165, 1.54) is 24.8 Å². The first-order valence-electron chi connectivity index (χ1n) is 7.52. The number of carbonyl (C=O) groups is 1. The molecule has 0 radical (unpaired) electrons.